The van der Waals surface area contributed by atoms with E-state index in [1.807, 2.05) is 44.2 Å². The van der Waals surface area contributed by atoms with Gasteiger partial charge < -0.3 is 0 Å². The molecule has 0 atom stereocenters. The number of rotatable bonds is 1. The van der Waals surface area contributed by atoms with Crippen molar-refractivity contribution < 1.29 is 0 Å². The zero-order chi connectivity index (χ0) is 13.6. The van der Waals surface area contributed by atoms with E-state index in [1.165, 1.54) is 0 Å². The second-order valence-corrected chi connectivity index (χ2v) is 5.64. The first kappa shape index (κ1) is 12.6. The van der Waals surface area contributed by atoms with E-state index in [1.54, 1.807) is 4.52 Å². The van der Waals surface area contributed by atoms with Crippen molar-refractivity contribution in [2.75, 3.05) is 0 Å². The third kappa shape index (κ3) is 2.05. The van der Waals surface area contributed by atoms with Crippen LogP contribution in [-0.2, 0) is 0 Å². The fraction of sp³-hybridized carbons (Fsp3) is 0.143. The molecule has 0 radical (unpaired) electrons. The second-order valence-electron chi connectivity index (χ2n) is 4.40. The molecule has 96 valence electrons. The number of halogens is 2. The van der Waals surface area contributed by atoms with Crippen LogP contribution in [0.3, 0.4) is 0 Å². The molecule has 0 spiro atoms. The molecule has 0 saturated heterocycles. The highest BCUT2D eigenvalue weighted by Gasteiger charge is 2.16. The zero-order valence-corrected chi connectivity index (χ0v) is 12.8. The van der Waals surface area contributed by atoms with Crippen LogP contribution in [0.2, 0.25) is 5.15 Å². The van der Waals surface area contributed by atoms with Crippen LogP contribution in [0, 0.1) is 13.8 Å². The van der Waals surface area contributed by atoms with Crippen LogP contribution in [0.5, 0.6) is 0 Å². The molecule has 0 N–H and O–H groups in total. The molecule has 2 aromatic heterocycles. The van der Waals surface area contributed by atoms with Crippen LogP contribution in [0.25, 0.3) is 16.8 Å². The molecule has 19 heavy (non-hydrogen) atoms. The summed E-state index contributed by atoms with van der Waals surface area (Å²) in [6.45, 7) is 3.90. The number of hydrogen-bond donors (Lipinski definition) is 0. The average molecular weight is 337 g/mol. The highest BCUT2D eigenvalue weighted by atomic mass is 79.9. The van der Waals surface area contributed by atoms with Crippen molar-refractivity contribution in [3.8, 4) is 11.1 Å². The van der Waals surface area contributed by atoms with Crippen LogP contribution in [0.1, 0.15) is 11.4 Å². The Labute approximate surface area is 124 Å². The molecule has 0 bridgehead atoms. The van der Waals surface area contributed by atoms with Gasteiger partial charge in [-0.3, -0.25) is 0 Å². The van der Waals surface area contributed by atoms with Crippen molar-refractivity contribution in [3.05, 3.63) is 51.3 Å². The summed E-state index contributed by atoms with van der Waals surface area (Å²) < 4.78 is 2.70. The molecule has 0 unspecified atom stereocenters. The molecular formula is C14H11BrClN3. The Kier molecular flexibility index (Phi) is 3.07. The highest BCUT2D eigenvalue weighted by molar-refractivity contribution is 9.10. The van der Waals surface area contributed by atoms with Gasteiger partial charge in [-0.15, -0.1) is 0 Å². The van der Waals surface area contributed by atoms with E-state index in [9.17, 15) is 0 Å². The van der Waals surface area contributed by atoms with Crippen molar-refractivity contribution in [2.45, 2.75) is 13.8 Å². The van der Waals surface area contributed by atoms with Crippen LogP contribution >= 0.6 is 27.5 Å². The van der Waals surface area contributed by atoms with Crippen molar-refractivity contribution >= 4 is 33.2 Å². The predicted octanol–water partition coefficient (Wildman–Crippen LogP) is 4.43. The van der Waals surface area contributed by atoms with Crippen molar-refractivity contribution in [3.63, 3.8) is 0 Å². The Morgan fingerprint density at radius 1 is 1.21 bits per heavy atom. The third-order valence-electron chi connectivity index (χ3n) is 2.99. The molecule has 0 amide bonds. The lowest BCUT2D eigenvalue weighted by molar-refractivity contribution is 0.910. The molecule has 2 heterocycles. The minimum Gasteiger partial charge on any atom is -0.233 e. The third-order valence-corrected chi connectivity index (χ3v) is 3.95. The molecule has 3 rings (SSSR count). The average Bonchev–Trinajstić information content (AvgIpc) is 2.67. The van der Waals surface area contributed by atoms with Gasteiger partial charge >= 0.3 is 0 Å². The smallest absolute Gasteiger partial charge is 0.165 e. The molecule has 3 nitrogen and oxygen atoms in total. The summed E-state index contributed by atoms with van der Waals surface area (Å²) in [7, 11) is 0. The maximum Gasteiger partial charge on any atom is 0.165 e. The van der Waals surface area contributed by atoms with E-state index >= 15 is 0 Å². The Morgan fingerprint density at radius 2 is 1.95 bits per heavy atom. The van der Waals surface area contributed by atoms with Gasteiger partial charge in [0.25, 0.3) is 0 Å². The summed E-state index contributed by atoms with van der Waals surface area (Å²) in [6, 6.07) is 9.85. The molecule has 0 aliphatic rings. The van der Waals surface area contributed by atoms with Crippen molar-refractivity contribution in [1.82, 2.24) is 14.6 Å². The Hall–Kier alpha value is -1.39. The normalized spacial score (nSPS) is 11.2. The van der Waals surface area contributed by atoms with E-state index in [2.05, 4.69) is 26.0 Å². The van der Waals surface area contributed by atoms with Crippen LogP contribution in [0.15, 0.2) is 34.8 Å². The summed E-state index contributed by atoms with van der Waals surface area (Å²) in [5.74, 6) is 0. The molecule has 0 saturated carbocycles. The molecule has 3 aromatic rings. The first-order valence-corrected chi connectivity index (χ1v) is 7.02. The van der Waals surface area contributed by atoms with Crippen molar-refractivity contribution in [2.24, 2.45) is 0 Å². The van der Waals surface area contributed by atoms with Crippen LogP contribution in [0.4, 0.5) is 0 Å². The molecular weight excluding hydrogens is 326 g/mol. The molecule has 0 aliphatic carbocycles. The highest BCUT2D eigenvalue weighted by Crippen LogP contribution is 2.33. The Bertz CT molecular complexity index is 780. The van der Waals surface area contributed by atoms with Gasteiger partial charge in [0.2, 0.25) is 0 Å². The molecule has 0 aliphatic heterocycles. The number of hydrogen-bond acceptors (Lipinski definition) is 2. The summed E-state index contributed by atoms with van der Waals surface area (Å²) in [5.41, 5.74) is 4.66. The van der Waals surface area contributed by atoms with Crippen LogP contribution in [-0.4, -0.2) is 14.6 Å². The van der Waals surface area contributed by atoms with E-state index < -0.39 is 0 Å². The lowest BCUT2D eigenvalue weighted by atomic mass is 10.1. The van der Waals surface area contributed by atoms with Gasteiger partial charge in [-0.05, 0) is 26.0 Å². The van der Waals surface area contributed by atoms with Crippen LogP contribution < -0.4 is 0 Å². The quantitative estimate of drug-likeness (QED) is 0.615. The van der Waals surface area contributed by atoms with Gasteiger partial charge in [-0.25, -0.2) is 9.50 Å². The van der Waals surface area contributed by atoms with Gasteiger partial charge in [-0.2, -0.15) is 5.10 Å². The standard InChI is InChI=1S/C14H11BrClN3/c1-8-7-12(16)19-14(17-8)13(9(2)18-19)10-5-3-4-6-11(10)15/h3-7H,1-2H3. The van der Waals surface area contributed by atoms with Gasteiger partial charge in [0.1, 0.15) is 5.15 Å². The number of nitrogens with zero attached hydrogens (tertiary/aromatic N) is 3. The SMILES string of the molecule is Cc1cc(Cl)n2nc(C)c(-c3ccccc3Br)c2n1. The topological polar surface area (TPSA) is 30.2 Å². The number of benzene rings is 1. The van der Waals surface area contributed by atoms with E-state index in [4.69, 9.17) is 11.6 Å². The Balaban J connectivity index is 2.42. The minimum absolute atomic E-state index is 0.573. The van der Waals surface area contributed by atoms with Gasteiger partial charge in [0.15, 0.2) is 5.65 Å². The predicted molar refractivity (Wildman–Crippen MR) is 80.6 cm³/mol. The number of aryl methyl sites for hydroxylation is 2. The molecule has 0 fully saturated rings. The first-order valence-electron chi connectivity index (χ1n) is 5.85. The number of aromatic nitrogens is 3. The van der Waals surface area contributed by atoms with Gasteiger partial charge in [-0.1, -0.05) is 45.7 Å². The maximum atomic E-state index is 6.22. The monoisotopic (exact) mass is 335 g/mol. The summed E-state index contributed by atoms with van der Waals surface area (Å²) >= 11 is 9.80. The van der Waals surface area contributed by atoms with Crippen molar-refractivity contribution in [1.29, 1.82) is 0 Å². The van der Waals surface area contributed by atoms with Gasteiger partial charge in [0.05, 0.1) is 11.3 Å². The van der Waals surface area contributed by atoms with E-state index in [-0.39, 0.29) is 0 Å². The van der Waals surface area contributed by atoms with E-state index in [0.29, 0.717) is 5.15 Å². The molecule has 5 heteroatoms. The minimum atomic E-state index is 0.573. The fourth-order valence-electron chi connectivity index (χ4n) is 2.18. The summed E-state index contributed by atoms with van der Waals surface area (Å²) in [5, 5.41) is 5.05. The Morgan fingerprint density at radius 3 is 2.68 bits per heavy atom. The first-order chi connectivity index (χ1) is 9.08. The molecule has 1 aromatic carbocycles. The number of fused-ring (bicyclic) bond motifs is 1. The second kappa shape index (κ2) is 4.62. The summed E-state index contributed by atoms with van der Waals surface area (Å²) in [4.78, 5) is 4.57. The maximum absolute atomic E-state index is 6.22. The lowest BCUT2D eigenvalue weighted by Crippen LogP contribution is -1.94. The summed E-state index contributed by atoms with van der Waals surface area (Å²) in [6.07, 6.45) is 0. The van der Waals surface area contributed by atoms with E-state index in [0.717, 1.165) is 32.6 Å². The lowest BCUT2D eigenvalue weighted by Gasteiger charge is -2.04. The largest absolute Gasteiger partial charge is 0.233 e. The zero-order valence-electron chi connectivity index (χ0n) is 10.5. The fourth-order valence-corrected chi connectivity index (χ4v) is 2.94. The van der Waals surface area contributed by atoms with Gasteiger partial charge in [0, 0.05) is 15.7 Å².